The maximum atomic E-state index is 11.6. The predicted octanol–water partition coefficient (Wildman–Crippen LogP) is 1.88. The number of hydrogen-bond acceptors (Lipinski definition) is 4. The molecule has 1 aliphatic rings. The Morgan fingerprint density at radius 3 is 3.00 bits per heavy atom. The summed E-state index contributed by atoms with van der Waals surface area (Å²) < 4.78 is 10.6. The molecular weight excluding hydrogens is 208 g/mol. The molecule has 86 valence electrons. The summed E-state index contributed by atoms with van der Waals surface area (Å²) in [7, 11) is 0. The van der Waals surface area contributed by atoms with Crippen molar-refractivity contribution in [1.82, 2.24) is 0 Å². The van der Waals surface area contributed by atoms with Crippen LogP contribution in [0.1, 0.15) is 37.7 Å². The van der Waals surface area contributed by atoms with E-state index < -0.39 is 11.7 Å². The summed E-state index contributed by atoms with van der Waals surface area (Å²) in [6.07, 6.45) is 2.97. The molecule has 0 saturated heterocycles. The average Bonchev–Trinajstić information content (AvgIpc) is 2.15. The Kier molecular flexibility index (Phi) is 2.83. The van der Waals surface area contributed by atoms with Gasteiger partial charge in [-0.1, -0.05) is 6.08 Å². The fraction of sp³-hybridized carbons (Fsp3) is 0.417. The van der Waals surface area contributed by atoms with Crippen LogP contribution in [0.2, 0.25) is 0 Å². The van der Waals surface area contributed by atoms with Crippen LogP contribution in [-0.4, -0.2) is 11.2 Å². The quantitative estimate of drug-likeness (QED) is 0.788. The standard InChI is InChI=1S/C12H14O4/c1-3-4-8-6-10-11(12(14)16-8)9(13)5-7(2)15-10/h3-4,6-7,9,13H,5H2,1-2H3/t7-,9-/m0/s1. The molecule has 4 heteroatoms. The molecule has 0 aromatic carbocycles. The van der Waals surface area contributed by atoms with E-state index in [-0.39, 0.29) is 11.7 Å². The van der Waals surface area contributed by atoms with Crippen molar-refractivity contribution >= 4 is 6.08 Å². The molecular formula is C12H14O4. The van der Waals surface area contributed by atoms with E-state index >= 15 is 0 Å². The van der Waals surface area contributed by atoms with Crippen molar-refractivity contribution in [3.05, 3.63) is 33.9 Å². The Bertz CT molecular complexity index is 472. The highest BCUT2D eigenvalue weighted by molar-refractivity contribution is 5.47. The lowest BCUT2D eigenvalue weighted by molar-refractivity contribution is 0.0704. The van der Waals surface area contributed by atoms with Crippen LogP contribution in [-0.2, 0) is 0 Å². The number of hydrogen-bond donors (Lipinski definition) is 1. The third-order valence-corrected chi connectivity index (χ3v) is 2.52. The zero-order valence-corrected chi connectivity index (χ0v) is 9.27. The van der Waals surface area contributed by atoms with Crippen molar-refractivity contribution in [1.29, 1.82) is 0 Å². The van der Waals surface area contributed by atoms with Crippen LogP contribution >= 0.6 is 0 Å². The summed E-state index contributed by atoms with van der Waals surface area (Å²) in [6.45, 7) is 3.69. The molecule has 1 aromatic rings. The Morgan fingerprint density at radius 2 is 2.31 bits per heavy atom. The average molecular weight is 222 g/mol. The van der Waals surface area contributed by atoms with Crippen molar-refractivity contribution in [2.75, 3.05) is 0 Å². The highest BCUT2D eigenvalue weighted by Gasteiger charge is 2.28. The van der Waals surface area contributed by atoms with E-state index in [9.17, 15) is 9.90 Å². The van der Waals surface area contributed by atoms with E-state index in [0.717, 1.165) is 0 Å². The van der Waals surface area contributed by atoms with Gasteiger partial charge < -0.3 is 14.3 Å². The third kappa shape index (κ3) is 1.88. The minimum atomic E-state index is -0.797. The van der Waals surface area contributed by atoms with Crippen LogP contribution in [0.5, 0.6) is 5.75 Å². The second-order valence-electron chi connectivity index (χ2n) is 3.89. The topological polar surface area (TPSA) is 59.7 Å². The molecule has 0 aliphatic carbocycles. The molecule has 0 fully saturated rings. The van der Waals surface area contributed by atoms with Gasteiger partial charge >= 0.3 is 5.63 Å². The first-order valence-electron chi connectivity index (χ1n) is 5.27. The fourth-order valence-corrected chi connectivity index (χ4v) is 1.84. The number of ether oxygens (including phenoxy) is 1. The fourth-order valence-electron chi connectivity index (χ4n) is 1.84. The van der Waals surface area contributed by atoms with Crippen LogP contribution in [0.25, 0.3) is 6.08 Å². The third-order valence-electron chi connectivity index (χ3n) is 2.52. The lowest BCUT2D eigenvalue weighted by Gasteiger charge is -2.26. The minimum absolute atomic E-state index is 0.0947. The Morgan fingerprint density at radius 1 is 1.56 bits per heavy atom. The van der Waals surface area contributed by atoms with Crippen molar-refractivity contribution in [2.45, 2.75) is 32.5 Å². The highest BCUT2D eigenvalue weighted by atomic mass is 16.5. The summed E-state index contributed by atoms with van der Waals surface area (Å²) in [6, 6.07) is 1.63. The second-order valence-corrected chi connectivity index (χ2v) is 3.89. The normalized spacial score (nSPS) is 24.2. The van der Waals surface area contributed by atoms with Crippen molar-refractivity contribution < 1.29 is 14.3 Å². The molecule has 0 bridgehead atoms. The van der Waals surface area contributed by atoms with Gasteiger partial charge in [-0.25, -0.2) is 4.79 Å². The molecule has 16 heavy (non-hydrogen) atoms. The lowest BCUT2D eigenvalue weighted by Crippen LogP contribution is -2.27. The molecule has 2 rings (SSSR count). The summed E-state index contributed by atoms with van der Waals surface area (Å²) in [4.78, 5) is 11.6. The summed E-state index contributed by atoms with van der Waals surface area (Å²) in [5.41, 5.74) is -0.295. The molecule has 0 amide bonds. The van der Waals surface area contributed by atoms with Gasteiger partial charge in [0, 0.05) is 12.5 Å². The van der Waals surface area contributed by atoms with E-state index in [1.165, 1.54) is 0 Å². The van der Waals surface area contributed by atoms with E-state index in [2.05, 4.69) is 0 Å². The monoisotopic (exact) mass is 222 g/mol. The zero-order valence-electron chi connectivity index (χ0n) is 9.27. The van der Waals surface area contributed by atoms with Gasteiger partial charge in [-0.3, -0.25) is 0 Å². The highest BCUT2D eigenvalue weighted by Crippen LogP contribution is 2.32. The molecule has 0 spiro atoms. The summed E-state index contributed by atoms with van der Waals surface area (Å²) in [5, 5.41) is 9.78. The molecule has 0 unspecified atom stereocenters. The lowest BCUT2D eigenvalue weighted by atomic mass is 10.0. The van der Waals surface area contributed by atoms with Crippen molar-refractivity contribution in [3.8, 4) is 5.75 Å². The first-order chi connectivity index (χ1) is 7.61. The molecule has 0 saturated carbocycles. The SMILES string of the molecule is CC=Cc1cc2c(c(=O)o1)[C@@H](O)C[C@H](C)O2. The molecule has 2 heterocycles. The predicted molar refractivity (Wildman–Crippen MR) is 59.4 cm³/mol. The van der Waals surface area contributed by atoms with Gasteiger partial charge in [0.1, 0.15) is 17.1 Å². The van der Waals surface area contributed by atoms with Gasteiger partial charge in [-0.2, -0.15) is 0 Å². The molecule has 0 radical (unpaired) electrons. The van der Waals surface area contributed by atoms with Crippen LogP contribution in [0.4, 0.5) is 0 Å². The molecule has 1 aliphatic heterocycles. The molecule has 4 nitrogen and oxygen atoms in total. The smallest absolute Gasteiger partial charge is 0.345 e. The number of allylic oxidation sites excluding steroid dienone is 1. The van der Waals surface area contributed by atoms with Crippen molar-refractivity contribution in [2.24, 2.45) is 0 Å². The first-order valence-corrected chi connectivity index (χ1v) is 5.27. The van der Waals surface area contributed by atoms with E-state index in [1.54, 1.807) is 18.2 Å². The van der Waals surface area contributed by atoms with E-state index in [4.69, 9.17) is 9.15 Å². The van der Waals surface area contributed by atoms with Crippen LogP contribution < -0.4 is 10.4 Å². The summed E-state index contributed by atoms with van der Waals surface area (Å²) >= 11 is 0. The van der Waals surface area contributed by atoms with E-state index in [0.29, 0.717) is 17.9 Å². The van der Waals surface area contributed by atoms with Gasteiger partial charge in [0.2, 0.25) is 0 Å². The van der Waals surface area contributed by atoms with Gasteiger partial charge in [0.15, 0.2) is 0 Å². The molecule has 2 atom stereocenters. The maximum absolute atomic E-state index is 11.6. The number of aliphatic hydroxyl groups is 1. The van der Waals surface area contributed by atoms with Crippen LogP contribution in [0.15, 0.2) is 21.4 Å². The van der Waals surface area contributed by atoms with Gasteiger partial charge in [-0.15, -0.1) is 0 Å². The molecule has 1 N–H and O–H groups in total. The Hall–Kier alpha value is -1.55. The van der Waals surface area contributed by atoms with Gasteiger partial charge in [0.05, 0.1) is 12.2 Å². The first kappa shape index (κ1) is 11.0. The van der Waals surface area contributed by atoms with Crippen LogP contribution in [0, 0.1) is 0 Å². The molecule has 1 aromatic heterocycles. The number of fused-ring (bicyclic) bond motifs is 1. The van der Waals surface area contributed by atoms with Gasteiger partial charge in [-0.05, 0) is 19.9 Å². The second kappa shape index (κ2) is 4.14. The summed E-state index contributed by atoms with van der Waals surface area (Å²) in [5.74, 6) is 0.864. The Labute approximate surface area is 93.2 Å². The Balaban J connectivity index is 2.54. The minimum Gasteiger partial charge on any atom is -0.490 e. The zero-order chi connectivity index (χ0) is 11.7. The van der Waals surface area contributed by atoms with E-state index in [1.807, 2.05) is 13.8 Å². The van der Waals surface area contributed by atoms with Crippen molar-refractivity contribution in [3.63, 3.8) is 0 Å². The number of rotatable bonds is 1. The largest absolute Gasteiger partial charge is 0.490 e. The van der Waals surface area contributed by atoms with Gasteiger partial charge in [0.25, 0.3) is 0 Å². The maximum Gasteiger partial charge on any atom is 0.345 e. The van der Waals surface area contributed by atoms with Crippen LogP contribution in [0.3, 0.4) is 0 Å². The number of aliphatic hydroxyl groups excluding tert-OH is 1.